The van der Waals surface area contributed by atoms with Crippen LogP contribution < -0.4 is 0 Å². The first-order chi connectivity index (χ1) is 7.40. The fraction of sp³-hybridized carbons (Fsp3) is 0.154. The first-order valence-corrected chi connectivity index (χ1v) is 4.93. The van der Waals surface area contributed by atoms with Gasteiger partial charge in [-0.2, -0.15) is 0 Å². The average molecular weight is 197 g/mol. The summed E-state index contributed by atoms with van der Waals surface area (Å²) in [5, 5.41) is 2.45. The van der Waals surface area contributed by atoms with E-state index in [1.54, 1.807) is 0 Å². The van der Waals surface area contributed by atoms with Crippen molar-refractivity contribution < 1.29 is 9.53 Å². The van der Waals surface area contributed by atoms with E-state index in [1.165, 1.54) is 22.8 Å². The van der Waals surface area contributed by atoms with Gasteiger partial charge in [0, 0.05) is 12.0 Å². The van der Waals surface area contributed by atoms with Crippen LogP contribution in [0.3, 0.4) is 0 Å². The third kappa shape index (κ3) is 1.14. The van der Waals surface area contributed by atoms with Gasteiger partial charge in [-0.1, -0.05) is 36.4 Å². The van der Waals surface area contributed by atoms with Gasteiger partial charge in [0.2, 0.25) is 0 Å². The lowest BCUT2D eigenvalue weighted by atomic mass is 10.1. The second-order valence-electron chi connectivity index (χ2n) is 3.76. The summed E-state index contributed by atoms with van der Waals surface area (Å²) in [4.78, 5) is 10.3. The molecule has 0 heterocycles. The number of benzene rings is 2. The minimum absolute atomic E-state index is 0.149. The molecule has 2 aromatic carbocycles. The lowest BCUT2D eigenvalue weighted by Crippen LogP contribution is -2.00. The standard InChI is InChI=1S/C13H9O2/c14-8-15-12-7-10-5-1-3-9-4-2-6-11(12)13(9)10/h1-6,12H,7H2. The highest BCUT2D eigenvalue weighted by Gasteiger charge is 2.25. The highest BCUT2D eigenvalue weighted by Crippen LogP contribution is 2.38. The Balaban J connectivity index is 2.26. The van der Waals surface area contributed by atoms with Crippen molar-refractivity contribution >= 4 is 17.2 Å². The summed E-state index contributed by atoms with van der Waals surface area (Å²) in [6.45, 7) is 1.54. The number of ether oxygens (including phenoxy) is 1. The van der Waals surface area contributed by atoms with Crippen molar-refractivity contribution in [1.82, 2.24) is 0 Å². The van der Waals surface area contributed by atoms with Crippen LogP contribution in [-0.2, 0) is 16.0 Å². The topological polar surface area (TPSA) is 26.3 Å². The molecule has 2 heteroatoms. The summed E-state index contributed by atoms with van der Waals surface area (Å²) in [7, 11) is 0. The first-order valence-electron chi connectivity index (χ1n) is 4.93. The molecule has 1 atom stereocenters. The van der Waals surface area contributed by atoms with Crippen LogP contribution in [-0.4, -0.2) is 6.47 Å². The lowest BCUT2D eigenvalue weighted by Gasteiger charge is -2.07. The van der Waals surface area contributed by atoms with Crippen LogP contribution in [0.1, 0.15) is 17.2 Å². The summed E-state index contributed by atoms with van der Waals surface area (Å²) >= 11 is 0. The van der Waals surface area contributed by atoms with Gasteiger partial charge in [0.25, 0.3) is 0 Å². The van der Waals surface area contributed by atoms with Crippen molar-refractivity contribution in [2.45, 2.75) is 12.5 Å². The van der Waals surface area contributed by atoms with E-state index in [0.717, 1.165) is 12.0 Å². The van der Waals surface area contributed by atoms with E-state index in [4.69, 9.17) is 4.74 Å². The molecule has 1 unspecified atom stereocenters. The van der Waals surface area contributed by atoms with Gasteiger partial charge in [-0.05, 0) is 16.3 Å². The second-order valence-corrected chi connectivity index (χ2v) is 3.76. The van der Waals surface area contributed by atoms with Crippen LogP contribution in [0.25, 0.3) is 10.8 Å². The van der Waals surface area contributed by atoms with Crippen LogP contribution in [0.15, 0.2) is 36.4 Å². The zero-order valence-electron chi connectivity index (χ0n) is 8.07. The van der Waals surface area contributed by atoms with E-state index in [2.05, 4.69) is 18.2 Å². The highest BCUT2D eigenvalue weighted by atomic mass is 16.5. The van der Waals surface area contributed by atoms with Crippen molar-refractivity contribution in [2.75, 3.05) is 0 Å². The highest BCUT2D eigenvalue weighted by molar-refractivity contribution is 5.91. The van der Waals surface area contributed by atoms with Crippen molar-refractivity contribution in [3.63, 3.8) is 0 Å². The summed E-state index contributed by atoms with van der Waals surface area (Å²) in [5.74, 6) is 0. The van der Waals surface area contributed by atoms with Gasteiger partial charge in [-0.15, -0.1) is 0 Å². The van der Waals surface area contributed by atoms with Crippen LogP contribution in [0.5, 0.6) is 0 Å². The van der Waals surface area contributed by atoms with E-state index in [-0.39, 0.29) is 6.10 Å². The Kier molecular flexibility index (Phi) is 1.75. The third-order valence-corrected chi connectivity index (χ3v) is 2.97. The van der Waals surface area contributed by atoms with Gasteiger partial charge in [0.15, 0.2) is 0 Å². The Morgan fingerprint density at radius 2 is 2.00 bits per heavy atom. The minimum atomic E-state index is -0.149. The van der Waals surface area contributed by atoms with E-state index in [1.807, 2.05) is 18.2 Å². The lowest BCUT2D eigenvalue weighted by molar-refractivity contribution is 0.186. The molecule has 1 radical (unpaired) electrons. The van der Waals surface area contributed by atoms with Gasteiger partial charge < -0.3 is 4.74 Å². The van der Waals surface area contributed by atoms with Crippen LogP contribution in [0.4, 0.5) is 0 Å². The van der Waals surface area contributed by atoms with Gasteiger partial charge in [0.1, 0.15) is 6.10 Å². The van der Waals surface area contributed by atoms with Crippen LogP contribution >= 0.6 is 0 Å². The number of carbonyl (C=O) groups excluding carboxylic acids is 1. The molecule has 0 aromatic heterocycles. The quantitative estimate of drug-likeness (QED) is 0.739. The Morgan fingerprint density at radius 3 is 2.80 bits per heavy atom. The molecule has 73 valence electrons. The number of hydrogen-bond donors (Lipinski definition) is 0. The maximum Gasteiger partial charge on any atom is 0.418 e. The summed E-state index contributed by atoms with van der Waals surface area (Å²) in [5.41, 5.74) is 2.36. The SMILES string of the molecule is O=[C]OC1Cc2cccc3cccc1c23. The molecule has 1 aliphatic carbocycles. The molecule has 2 nitrogen and oxygen atoms in total. The molecule has 0 saturated heterocycles. The van der Waals surface area contributed by atoms with E-state index < -0.39 is 0 Å². The molecular weight excluding hydrogens is 188 g/mol. The first kappa shape index (κ1) is 8.48. The summed E-state index contributed by atoms with van der Waals surface area (Å²) in [6, 6.07) is 12.3. The molecule has 0 saturated carbocycles. The largest absolute Gasteiger partial charge is 0.449 e. The molecule has 0 bridgehead atoms. The van der Waals surface area contributed by atoms with Crippen molar-refractivity contribution in [2.24, 2.45) is 0 Å². The zero-order valence-corrected chi connectivity index (χ0v) is 8.07. The molecular formula is C13H9O2. The van der Waals surface area contributed by atoms with Crippen LogP contribution in [0, 0.1) is 0 Å². The average Bonchev–Trinajstić information content (AvgIpc) is 2.61. The van der Waals surface area contributed by atoms with Gasteiger partial charge in [-0.3, -0.25) is 0 Å². The van der Waals surface area contributed by atoms with E-state index in [0.29, 0.717) is 0 Å². The zero-order chi connectivity index (χ0) is 10.3. The predicted octanol–water partition coefficient (Wildman–Crippen LogP) is 2.52. The molecule has 0 fully saturated rings. The maximum absolute atomic E-state index is 10.3. The normalized spacial score (nSPS) is 18.0. The molecule has 0 amide bonds. The second kappa shape index (κ2) is 3.09. The van der Waals surface area contributed by atoms with Gasteiger partial charge >= 0.3 is 6.47 Å². The monoisotopic (exact) mass is 197 g/mol. The molecule has 0 aliphatic heterocycles. The fourth-order valence-electron chi connectivity index (χ4n) is 2.36. The summed E-state index contributed by atoms with van der Waals surface area (Å²) < 4.78 is 4.97. The molecule has 1 aliphatic rings. The van der Waals surface area contributed by atoms with Crippen molar-refractivity contribution in [3.8, 4) is 0 Å². The Bertz CT molecular complexity index is 526. The van der Waals surface area contributed by atoms with Gasteiger partial charge in [-0.25, -0.2) is 4.79 Å². The predicted molar refractivity (Wildman–Crippen MR) is 57.2 cm³/mol. The van der Waals surface area contributed by atoms with Crippen molar-refractivity contribution in [1.29, 1.82) is 0 Å². The number of hydrogen-bond acceptors (Lipinski definition) is 2. The summed E-state index contributed by atoms with van der Waals surface area (Å²) in [6.07, 6.45) is 0.620. The molecule has 15 heavy (non-hydrogen) atoms. The molecule has 3 rings (SSSR count). The van der Waals surface area contributed by atoms with E-state index >= 15 is 0 Å². The Morgan fingerprint density at radius 1 is 1.20 bits per heavy atom. The Labute approximate surface area is 87.5 Å². The molecule has 0 N–H and O–H groups in total. The van der Waals surface area contributed by atoms with Gasteiger partial charge in [0.05, 0.1) is 0 Å². The molecule has 0 spiro atoms. The van der Waals surface area contributed by atoms with E-state index in [9.17, 15) is 4.79 Å². The fourth-order valence-corrected chi connectivity index (χ4v) is 2.36. The third-order valence-electron chi connectivity index (χ3n) is 2.97. The smallest absolute Gasteiger partial charge is 0.418 e. The molecule has 2 aromatic rings. The minimum Gasteiger partial charge on any atom is -0.449 e. The van der Waals surface area contributed by atoms with Crippen LogP contribution in [0.2, 0.25) is 0 Å². The number of rotatable bonds is 2. The maximum atomic E-state index is 10.3. The van der Waals surface area contributed by atoms with Crippen molar-refractivity contribution in [3.05, 3.63) is 47.5 Å². The Hall–Kier alpha value is -1.83.